The molecule has 0 saturated heterocycles. The molecule has 2 aromatic rings. The van der Waals surface area contributed by atoms with E-state index in [0.29, 0.717) is 28.4 Å². The van der Waals surface area contributed by atoms with E-state index in [4.69, 9.17) is 5.73 Å². The molecule has 2 rings (SSSR count). The molecule has 0 radical (unpaired) electrons. The van der Waals surface area contributed by atoms with Crippen LogP contribution >= 0.6 is 0 Å². The van der Waals surface area contributed by atoms with Crippen molar-refractivity contribution in [1.82, 2.24) is 4.98 Å². The van der Waals surface area contributed by atoms with Crippen molar-refractivity contribution in [2.45, 2.75) is 25.7 Å². The quantitative estimate of drug-likeness (QED) is 0.497. The Bertz CT molecular complexity index is 758. The molecular formula is C15H15N3O4. The van der Waals surface area contributed by atoms with E-state index in [0.717, 1.165) is 0 Å². The Morgan fingerprint density at radius 1 is 1.50 bits per heavy atom. The zero-order chi connectivity index (χ0) is 16.3. The number of carbonyl (C=O) groups excluding carboxylic acids is 2. The molecule has 114 valence electrons. The minimum Gasteiger partial charge on any atom is -0.370 e. The molecule has 7 heteroatoms. The SMILES string of the molecule is Cc1nc2cccc([N+](=O)[O-])c2cc1C(C=O)CCC(N)=O. The van der Waals surface area contributed by atoms with E-state index in [2.05, 4.69) is 4.98 Å². The molecule has 0 spiro atoms. The molecule has 0 aliphatic carbocycles. The molecule has 1 aromatic heterocycles. The number of nitrogens with two attached hydrogens (primary N) is 1. The maximum atomic E-state index is 11.3. The second-order valence-corrected chi connectivity index (χ2v) is 5.01. The summed E-state index contributed by atoms with van der Waals surface area (Å²) in [7, 11) is 0. The summed E-state index contributed by atoms with van der Waals surface area (Å²) >= 11 is 0. The Hall–Kier alpha value is -2.83. The molecule has 7 nitrogen and oxygen atoms in total. The van der Waals surface area contributed by atoms with Gasteiger partial charge in [0, 0.05) is 24.1 Å². The number of aldehydes is 1. The van der Waals surface area contributed by atoms with Crippen LogP contribution in [0.1, 0.15) is 30.0 Å². The summed E-state index contributed by atoms with van der Waals surface area (Å²) in [5.41, 5.74) is 6.73. The number of carbonyl (C=O) groups is 2. The van der Waals surface area contributed by atoms with Crippen molar-refractivity contribution in [1.29, 1.82) is 0 Å². The third kappa shape index (κ3) is 3.08. The smallest absolute Gasteiger partial charge is 0.278 e. The first-order chi connectivity index (χ1) is 10.4. The first-order valence-electron chi connectivity index (χ1n) is 6.72. The average molecular weight is 301 g/mol. The molecule has 22 heavy (non-hydrogen) atoms. The molecule has 1 aromatic carbocycles. The van der Waals surface area contributed by atoms with Gasteiger partial charge < -0.3 is 10.5 Å². The fourth-order valence-electron chi connectivity index (χ4n) is 2.42. The molecule has 1 unspecified atom stereocenters. The van der Waals surface area contributed by atoms with Crippen molar-refractivity contribution >= 4 is 28.8 Å². The fraction of sp³-hybridized carbons (Fsp3) is 0.267. The van der Waals surface area contributed by atoms with Gasteiger partial charge in [0.1, 0.15) is 6.29 Å². The Morgan fingerprint density at radius 3 is 2.82 bits per heavy atom. The molecule has 0 aliphatic rings. The van der Waals surface area contributed by atoms with E-state index in [-0.39, 0.29) is 18.5 Å². The lowest BCUT2D eigenvalue weighted by atomic mass is 9.93. The number of non-ortho nitro benzene ring substituents is 1. The number of amides is 1. The number of fused-ring (bicyclic) bond motifs is 1. The van der Waals surface area contributed by atoms with Gasteiger partial charge in [-0.05, 0) is 31.0 Å². The van der Waals surface area contributed by atoms with Crippen LogP contribution in [0.3, 0.4) is 0 Å². The van der Waals surface area contributed by atoms with Crippen LogP contribution in [-0.4, -0.2) is 22.1 Å². The molecule has 0 aliphatic heterocycles. The van der Waals surface area contributed by atoms with Gasteiger partial charge in [-0.15, -0.1) is 0 Å². The van der Waals surface area contributed by atoms with E-state index in [1.165, 1.54) is 6.07 Å². The highest BCUT2D eigenvalue weighted by molar-refractivity contribution is 5.89. The number of nitrogens with zero attached hydrogens (tertiary/aromatic N) is 2. The van der Waals surface area contributed by atoms with E-state index in [1.54, 1.807) is 25.1 Å². The number of nitro benzene ring substituents is 1. The predicted octanol–water partition coefficient (Wildman–Crippen LogP) is 2.00. The van der Waals surface area contributed by atoms with E-state index < -0.39 is 16.7 Å². The van der Waals surface area contributed by atoms with Gasteiger partial charge in [-0.2, -0.15) is 0 Å². The minimum absolute atomic E-state index is 0.0641. The van der Waals surface area contributed by atoms with Crippen LogP contribution in [0.15, 0.2) is 24.3 Å². The highest BCUT2D eigenvalue weighted by atomic mass is 16.6. The predicted molar refractivity (Wildman–Crippen MR) is 80.4 cm³/mol. The van der Waals surface area contributed by atoms with Crippen molar-refractivity contribution in [2.75, 3.05) is 0 Å². The average Bonchev–Trinajstić information content (AvgIpc) is 2.47. The van der Waals surface area contributed by atoms with Gasteiger partial charge in [-0.1, -0.05) is 6.07 Å². The highest BCUT2D eigenvalue weighted by Gasteiger charge is 2.19. The Balaban J connectivity index is 2.55. The van der Waals surface area contributed by atoms with Crippen molar-refractivity contribution in [2.24, 2.45) is 5.73 Å². The molecule has 2 N–H and O–H groups in total. The molecule has 1 atom stereocenters. The van der Waals surface area contributed by atoms with Gasteiger partial charge in [0.25, 0.3) is 5.69 Å². The zero-order valence-electron chi connectivity index (χ0n) is 12.0. The summed E-state index contributed by atoms with van der Waals surface area (Å²) in [6, 6.07) is 6.24. The molecule has 1 heterocycles. The van der Waals surface area contributed by atoms with Gasteiger partial charge in [-0.25, -0.2) is 0 Å². The van der Waals surface area contributed by atoms with Gasteiger partial charge in [-0.3, -0.25) is 19.9 Å². The minimum atomic E-state index is -0.566. The normalized spacial score (nSPS) is 12.0. The van der Waals surface area contributed by atoms with Crippen LogP contribution in [0.2, 0.25) is 0 Å². The Kier molecular flexibility index (Phi) is 4.45. The number of hydrogen-bond acceptors (Lipinski definition) is 5. The van der Waals surface area contributed by atoms with E-state index >= 15 is 0 Å². The van der Waals surface area contributed by atoms with Crippen molar-refractivity contribution in [3.8, 4) is 0 Å². The number of rotatable bonds is 6. The summed E-state index contributed by atoms with van der Waals surface area (Å²) in [6.45, 7) is 1.73. The number of hydrogen-bond donors (Lipinski definition) is 1. The van der Waals surface area contributed by atoms with Gasteiger partial charge in [0.15, 0.2) is 0 Å². The van der Waals surface area contributed by atoms with Gasteiger partial charge in [0.05, 0.1) is 15.8 Å². The molecule has 0 fully saturated rings. The Labute approximate surface area is 126 Å². The molecule has 0 saturated carbocycles. The van der Waals surface area contributed by atoms with Crippen LogP contribution in [0, 0.1) is 17.0 Å². The monoisotopic (exact) mass is 301 g/mol. The first kappa shape index (κ1) is 15.6. The lowest BCUT2D eigenvalue weighted by molar-refractivity contribution is -0.383. The second-order valence-electron chi connectivity index (χ2n) is 5.01. The van der Waals surface area contributed by atoms with Crippen LogP contribution in [0.25, 0.3) is 10.9 Å². The third-order valence-corrected chi connectivity index (χ3v) is 3.53. The van der Waals surface area contributed by atoms with Crippen LogP contribution in [-0.2, 0) is 9.59 Å². The van der Waals surface area contributed by atoms with E-state index in [9.17, 15) is 19.7 Å². The van der Waals surface area contributed by atoms with Crippen molar-refractivity contribution in [3.63, 3.8) is 0 Å². The standard InChI is InChI=1S/C15H15N3O4/c1-9-11(10(8-19)5-6-15(16)20)7-12-13(17-9)3-2-4-14(12)18(21)22/h2-4,7-8,10H,5-6H2,1H3,(H2,16,20). The number of aromatic nitrogens is 1. The van der Waals surface area contributed by atoms with Crippen LogP contribution < -0.4 is 5.73 Å². The van der Waals surface area contributed by atoms with Gasteiger partial charge in [0.2, 0.25) is 5.91 Å². The zero-order valence-corrected chi connectivity index (χ0v) is 12.0. The molecule has 0 bridgehead atoms. The number of pyridine rings is 1. The summed E-state index contributed by atoms with van der Waals surface area (Å²) in [4.78, 5) is 37.2. The first-order valence-corrected chi connectivity index (χ1v) is 6.72. The number of primary amides is 1. The van der Waals surface area contributed by atoms with Crippen molar-refractivity contribution < 1.29 is 14.5 Å². The van der Waals surface area contributed by atoms with Gasteiger partial charge >= 0.3 is 0 Å². The summed E-state index contributed by atoms with van der Waals surface area (Å²) in [5, 5.41) is 11.5. The topological polar surface area (TPSA) is 116 Å². The van der Waals surface area contributed by atoms with Crippen molar-refractivity contribution in [3.05, 3.63) is 45.6 Å². The fourth-order valence-corrected chi connectivity index (χ4v) is 2.42. The molecule has 1 amide bonds. The van der Waals surface area contributed by atoms with Crippen LogP contribution in [0.4, 0.5) is 5.69 Å². The lowest BCUT2D eigenvalue weighted by Crippen LogP contribution is -2.13. The number of nitro groups is 1. The highest BCUT2D eigenvalue weighted by Crippen LogP contribution is 2.30. The number of aryl methyl sites for hydroxylation is 1. The summed E-state index contributed by atoms with van der Waals surface area (Å²) < 4.78 is 0. The number of benzene rings is 1. The summed E-state index contributed by atoms with van der Waals surface area (Å²) in [6.07, 6.45) is 1.04. The third-order valence-electron chi connectivity index (χ3n) is 3.53. The lowest BCUT2D eigenvalue weighted by Gasteiger charge is -2.13. The maximum absolute atomic E-state index is 11.3. The van der Waals surface area contributed by atoms with Crippen LogP contribution in [0.5, 0.6) is 0 Å². The van der Waals surface area contributed by atoms with E-state index in [1.807, 2.05) is 0 Å². The molecular weight excluding hydrogens is 286 g/mol. The largest absolute Gasteiger partial charge is 0.370 e. The Morgan fingerprint density at radius 2 is 2.23 bits per heavy atom. The summed E-state index contributed by atoms with van der Waals surface area (Å²) in [5.74, 6) is -1.06. The second kappa shape index (κ2) is 6.30. The maximum Gasteiger partial charge on any atom is 0.278 e.